The second-order valence-electron chi connectivity index (χ2n) is 4.16. The smallest absolute Gasteiger partial charge is 0.218 e. The van der Waals surface area contributed by atoms with Crippen molar-refractivity contribution >= 4 is 22.3 Å². The number of nitrogens with one attached hydrogen (secondary N) is 1. The minimum Gasteiger partial charge on any atom is -0.493 e. The highest BCUT2D eigenvalue weighted by molar-refractivity contribution is 5.94. The van der Waals surface area contributed by atoms with Gasteiger partial charge in [0.15, 0.2) is 5.69 Å². The number of aromatic nitrogens is 1. The molecule has 0 spiro atoms. The molecule has 0 amide bonds. The lowest BCUT2D eigenvalue weighted by Gasteiger charge is -1.93. The van der Waals surface area contributed by atoms with E-state index in [1.165, 1.54) is 36.4 Å². The Morgan fingerprint density at radius 2 is 1.70 bits per heavy atom. The van der Waals surface area contributed by atoms with Crippen molar-refractivity contribution in [2.45, 2.75) is 0 Å². The van der Waals surface area contributed by atoms with Gasteiger partial charge < -0.3 is 10.1 Å². The second-order valence-corrected chi connectivity index (χ2v) is 4.16. The van der Waals surface area contributed by atoms with Crippen molar-refractivity contribution in [1.82, 2.24) is 4.98 Å². The SMILES string of the molecule is Oc1[nH]c2c(F)cccc2c1N=Nc1ccc(F)cc1. The standard InChI is InChI=1S/C14H9F2N3O/c15-8-4-6-9(7-5-8)18-19-13-10-2-1-3-11(16)12(10)17-14(13)20/h1-7,17,20H. The van der Waals surface area contributed by atoms with E-state index in [1.807, 2.05) is 0 Å². The number of aromatic amines is 1. The lowest BCUT2D eigenvalue weighted by molar-refractivity contribution is 0.459. The van der Waals surface area contributed by atoms with Crippen LogP contribution in [-0.2, 0) is 0 Å². The van der Waals surface area contributed by atoms with E-state index in [9.17, 15) is 13.9 Å². The molecule has 2 aromatic carbocycles. The van der Waals surface area contributed by atoms with Crippen molar-refractivity contribution < 1.29 is 13.9 Å². The molecule has 0 fully saturated rings. The third-order valence-electron chi connectivity index (χ3n) is 2.83. The molecule has 1 heterocycles. The van der Waals surface area contributed by atoms with Gasteiger partial charge in [-0.25, -0.2) is 8.78 Å². The molecular formula is C14H9F2N3O. The van der Waals surface area contributed by atoms with Crippen LogP contribution in [-0.4, -0.2) is 10.1 Å². The summed E-state index contributed by atoms with van der Waals surface area (Å²) in [5.41, 5.74) is 0.735. The van der Waals surface area contributed by atoms with Gasteiger partial charge in [-0.05, 0) is 30.3 Å². The van der Waals surface area contributed by atoms with Gasteiger partial charge in [-0.2, -0.15) is 5.11 Å². The van der Waals surface area contributed by atoms with Crippen LogP contribution in [0.5, 0.6) is 5.88 Å². The van der Waals surface area contributed by atoms with E-state index in [4.69, 9.17) is 0 Å². The van der Waals surface area contributed by atoms with Gasteiger partial charge in [0.05, 0.1) is 11.2 Å². The lowest BCUT2D eigenvalue weighted by atomic mass is 10.2. The zero-order valence-corrected chi connectivity index (χ0v) is 10.1. The lowest BCUT2D eigenvalue weighted by Crippen LogP contribution is -1.74. The molecule has 0 unspecified atom stereocenters. The average Bonchev–Trinajstić information content (AvgIpc) is 2.76. The number of rotatable bonds is 2. The van der Waals surface area contributed by atoms with Crippen LogP contribution in [0, 0.1) is 11.6 Å². The molecule has 0 saturated heterocycles. The minimum absolute atomic E-state index is 0.142. The van der Waals surface area contributed by atoms with E-state index >= 15 is 0 Å². The molecule has 2 N–H and O–H groups in total. The molecular weight excluding hydrogens is 264 g/mol. The van der Waals surface area contributed by atoms with Crippen LogP contribution in [0.15, 0.2) is 52.7 Å². The van der Waals surface area contributed by atoms with Crippen molar-refractivity contribution in [3.8, 4) is 5.88 Å². The van der Waals surface area contributed by atoms with Crippen molar-refractivity contribution in [2.24, 2.45) is 10.2 Å². The van der Waals surface area contributed by atoms with Crippen LogP contribution in [0.1, 0.15) is 0 Å². The summed E-state index contributed by atoms with van der Waals surface area (Å²) >= 11 is 0. The molecule has 0 saturated carbocycles. The molecule has 1 aromatic heterocycles. The number of halogens is 2. The zero-order valence-electron chi connectivity index (χ0n) is 10.1. The van der Waals surface area contributed by atoms with Crippen LogP contribution in [0.4, 0.5) is 20.2 Å². The third-order valence-corrected chi connectivity index (χ3v) is 2.83. The summed E-state index contributed by atoms with van der Waals surface area (Å²) in [5, 5.41) is 17.9. The molecule has 20 heavy (non-hydrogen) atoms. The van der Waals surface area contributed by atoms with E-state index in [0.717, 1.165) is 0 Å². The monoisotopic (exact) mass is 273 g/mol. The van der Waals surface area contributed by atoms with Gasteiger partial charge >= 0.3 is 0 Å². The number of para-hydroxylation sites is 1. The van der Waals surface area contributed by atoms with Crippen LogP contribution in [0.25, 0.3) is 10.9 Å². The summed E-state index contributed by atoms with van der Waals surface area (Å²) in [4.78, 5) is 2.51. The molecule has 3 aromatic rings. The number of H-pyrrole nitrogens is 1. The second kappa shape index (κ2) is 4.73. The van der Waals surface area contributed by atoms with Crippen LogP contribution < -0.4 is 0 Å². The first-order valence-corrected chi connectivity index (χ1v) is 5.81. The van der Waals surface area contributed by atoms with Gasteiger partial charge in [0.2, 0.25) is 5.88 Å². The fourth-order valence-electron chi connectivity index (χ4n) is 1.87. The first-order valence-electron chi connectivity index (χ1n) is 5.81. The molecule has 100 valence electrons. The largest absolute Gasteiger partial charge is 0.493 e. The van der Waals surface area contributed by atoms with E-state index in [1.54, 1.807) is 6.07 Å². The molecule has 0 aliphatic heterocycles. The summed E-state index contributed by atoms with van der Waals surface area (Å²) in [6, 6.07) is 9.82. The summed E-state index contributed by atoms with van der Waals surface area (Å²) in [6.45, 7) is 0. The van der Waals surface area contributed by atoms with Crippen molar-refractivity contribution in [3.05, 3.63) is 54.1 Å². The van der Waals surface area contributed by atoms with E-state index in [2.05, 4.69) is 15.2 Å². The van der Waals surface area contributed by atoms with Gasteiger partial charge in [0.1, 0.15) is 11.6 Å². The average molecular weight is 273 g/mol. The van der Waals surface area contributed by atoms with Crippen molar-refractivity contribution in [3.63, 3.8) is 0 Å². The molecule has 0 bridgehead atoms. The fraction of sp³-hybridized carbons (Fsp3) is 0. The number of fused-ring (bicyclic) bond motifs is 1. The predicted octanol–water partition coefficient (Wildman–Crippen LogP) is 4.57. The fourth-order valence-corrected chi connectivity index (χ4v) is 1.87. The molecule has 0 atom stereocenters. The van der Waals surface area contributed by atoms with E-state index in [-0.39, 0.29) is 22.9 Å². The number of hydrogen-bond acceptors (Lipinski definition) is 3. The molecule has 0 radical (unpaired) electrons. The van der Waals surface area contributed by atoms with Gasteiger partial charge in [-0.15, -0.1) is 5.11 Å². The minimum atomic E-state index is -0.485. The zero-order chi connectivity index (χ0) is 14.1. The molecule has 6 heteroatoms. The summed E-state index contributed by atoms with van der Waals surface area (Å²) < 4.78 is 26.3. The van der Waals surface area contributed by atoms with Crippen molar-refractivity contribution in [1.29, 1.82) is 0 Å². The number of aromatic hydroxyl groups is 1. The highest BCUT2D eigenvalue weighted by Crippen LogP contribution is 2.37. The Bertz CT molecular complexity index is 794. The van der Waals surface area contributed by atoms with Gasteiger partial charge in [-0.1, -0.05) is 12.1 Å². The number of benzene rings is 2. The maximum Gasteiger partial charge on any atom is 0.218 e. The van der Waals surface area contributed by atoms with Crippen LogP contribution in [0.3, 0.4) is 0 Å². The number of nitrogens with zero attached hydrogens (tertiary/aromatic N) is 2. The van der Waals surface area contributed by atoms with E-state index in [0.29, 0.717) is 11.1 Å². The van der Waals surface area contributed by atoms with Gasteiger partial charge in [0, 0.05) is 5.39 Å². The highest BCUT2D eigenvalue weighted by atomic mass is 19.1. The molecule has 3 rings (SSSR count). The first-order chi connectivity index (χ1) is 9.65. The topological polar surface area (TPSA) is 60.7 Å². The Labute approximate surface area is 112 Å². The van der Waals surface area contributed by atoms with Gasteiger partial charge in [-0.3, -0.25) is 0 Å². The predicted molar refractivity (Wildman–Crippen MR) is 70.5 cm³/mol. The maximum absolute atomic E-state index is 13.5. The first kappa shape index (κ1) is 12.3. The van der Waals surface area contributed by atoms with Crippen LogP contribution >= 0.6 is 0 Å². The maximum atomic E-state index is 13.5. The number of azo groups is 1. The Kier molecular flexibility index (Phi) is 2.90. The van der Waals surface area contributed by atoms with Crippen molar-refractivity contribution in [2.75, 3.05) is 0 Å². The molecule has 0 aliphatic rings. The van der Waals surface area contributed by atoms with Gasteiger partial charge in [0.25, 0.3) is 0 Å². The van der Waals surface area contributed by atoms with E-state index < -0.39 is 5.82 Å². The third kappa shape index (κ3) is 2.11. The van der Waals surface area contributed by atoms with Crippen LogP contribution in [0.2, 0.25) is 0 Å². The normalized spacial score (nSPS) is 11.5. The Morgan fingerprint density at radius 1 is 0.950 bits per heavy atom. The number of hydrogen-bond donors (Lipinski definition) is 2. The Balaban J connectivity index is 2.04. The summed E-state index contributed by atoms with van der Waals surface area (Å²) in [6.07, 6.45) is 0. The molecule has 4 nitrogen and oxygen atoms in total. The highest BCUT2D eigenvalue weighted by Gasteiger charge is 2.12. The Hall–Kier alpha value is -2.76. The Morgan fingerprint density at radius 3 is 2.45 bits per heavy atom. The summed E-state index contributed by atoms with van der Waals surface area (Å²) in [7, 11) is 0. The quantitative estimate of drug-likeness (QED) is 0.660. The molecule has 0 aliphatic carbocycles. The summed E-state index contributed by atoms with van der Waals surface area (Å²) in [5.74, 6) is -1.13.